The molecule has 0 spiro atoms. The van der Waals surface area contributed by atoms with Crippen LogP contribution in [0.1, 0.15) is 45.6 Å². The molecule has 7 heteroatoms. The number of carboxylic acid groups (broad SMARTS) is 1. The van der Waals surface area contributed by atoms with Crippen molar-refractivity contribution < 1.29 is 19.2 Å². The lowest BCUT2D eigenvalue weighted by Crippen LogP contribution is -2.41. The Balaban J connectivity index is 2.01. The fourth-order valence-corrected chi connectivity index (χ4v) is 2.84. The Morgan fingerprint density at radius 1 is 1.26 bits per heavy atom. The molecule has 0 saturated carbocycles. The zero-order valence-electron chi connectivity index (χ0n) is 13.8. The molecule has 122 valence electrons. The average Bonchev–Trinajstić information content (AvgIpc) is 2.95. The van der Waals surface area contributed by atoms with Gasteiger partial charge in [-0.15, -0.1) is 0 Å². The summed E-state index contributed by atoms with van der Waals surface area (Å²) in [4.78, 5) is 11.4. The Kier molecular flexibility index (Phi) is 3.73. The molecule has 0 aliphatic carbocycles. The minimum Gasteiger partial charge on any atom is -0.481 e. The van der Waals surface area contributed by atoms with E-state index >= 15 is 0 Å². The number of fused-ring (bicyclic) bond motifs is 1. The van der Waals surface area contributed by atoms with Gasteiger partial charge in [0.2, 0.25) is 0 Å². The summed E-state index contributed by atoms with van der Waals surface area (Å²) in [5.74, 6) is -1.36. The van der Waals surface area contributed by atoms with Crippen LogP contribution in [0.2, 0.25) is 0 Å². The van der Waals surface area contributed by atoms with Gasteiger partial charge in [0.15, 0.2) is 0 Å². The Bertz CT molecular complexity index is 725. The monoisotopic (exact) mass is 316 g/mol. The molecular formula is C16H21BN2O4. The van der Waals surface area contributed by atoms with Crippen molar-refractivity contribution in [3.8, 4) is 0 Å². The van der Waals surface area contributed by atoms with Crippen molar-refractivity contribution in [3.63, 3.8) is 0 Å². The zero-order valence-corrected chi connectivity index (χ0v) is 13.8. The minimum atomic E-state index is -0.900. The number of nitrogens with zero attached hydrogens (tertiary/aromatic N) is 1. The van der Waals surface area contributed by atoms with Crippen LogP contribution in [0.3, 0.4) is 0 Å². The van der Waals surface area contributed by atoms with Gasteiger partial charge in [-0.25, -0.2) is 0 Å². The van der Waals surface area contributed by atoms with Crippen molar-refractivity contribution in [2.24, 2.45) is 0 Å². The molecule has 1 unspecified atom stereocenters. The first-order valence-corrected chi connectivity index (χ1v) is 7.72. The summed E-state index contributed by atoms with van der Waals surface area (Å²) in [6.45, 7) is 7.82. The highest BCUT2D eigenvalue weighted by atomic mass is 16.7. The number of hydrogen-bond acceptors (Lipinski definition) is 4. The largest absolute Gasteiger partial charge is 0.481 e. The Labute approximate surface area is 135 Å². The van der Waals surface area contributed by atoms with Crippen LogP contribution in [0.4, 0.5) is 0 Å². The van der Waals surface area contributed by atoms with Crippen molar-refractivity contribution in [2.75, 3.05) is 0 Å². The molecule has 0 amide bonds. The van der Waals surface area contributed by atoms with E-state index < -0.39 is 30.1 Å². The van der Waals surface area contributed by atoms with Crippen LogP contribution in [-0.4, -0.2) is 39.6 Å². The summed E-state index contributed by atoms with van der Waals surface area (Å²) in [6, 6.07) is 7.61. The summed E-state index contributed by atoms with van der Waals surface area (Å²) in [5, 5.41) is 17.5. The molecule has 2 N–H and O–H groups in total. The molecule has 0 bridgehead atoms. The first-order chi connectivity index (χ1) is 10.7. The van der Waals surface area contributed by atoms with Gasteiger partial charge in [0.05, 0.1) is 23.1 Å². The third-order valence-electron chi connectivity index (χ3n) is 4.86. The van der Waals surface area contributed by atoms with Gasteiger partial charge >= 0.3 is 13.1 Å². The summed E-state index contributed by atoms with van der Waals surface area (Å²) < 4.78 is 12.1. The molecule has 3 rings (SSSR count). The lowest BCUT2D eigenvalue weighted by atomic mass is 9.67. The highest BCUT2D eigenvalue weighted by Crippen LogP contribution is 2.42. The molecule has 1 aromatic heterocycles. The number of benzene rings is 1. The maximum atomic E-state index is 11.4. The van der Waals surface area contributed by atoms with Crippen molar-refractivity contribution in [2.45, 2.75) is 51.1 Å². The molecule has 1 atom stereocenters. The average molecular weight is 316 g/mol. The van der Waals surface area contributed by atoms with Crippen LogP contribution in [0, 0.1) is 0 Å². The van der Waals surface area contributed by atoms with E-state index in [0.717, 1.165) is 16.6 Å². The third-order valence-corrected chi connectivity index (χ3v) is 4.86. The number of aromatic nitrogens is 2. The third kappa shape index (κ3) is 2.75. The van der Waals surface area contributed by atoms with Crippen LogP contribution >= 0.6 is 0 Å². The van der Waals surface area contributed by atoms with Gasteiger partial charge in [-0.1, -0.05) is 18.2 Å². The van der Waals surface area contributed by atoms with E-state index in [1.165, 1.54) is 0 Å². The predicted molar refractivity (Wildman–Crippen MR) is 87.2 cm³/mol. The summed E-state index contributed by atoms with van der Waals surface area (Å²) in [6.07, 6.45) is -0.0942. The number of para-hydroxylation sites is 1. The number of aromatic amines is 1. The molecule has 1 saturated heterocycles. The normalized spacial score (nSPS) is 20.8. The number of carboxylic acids is 1. The molecule has 6 nitrogen and oxygen atoms in total. The van der Waals surface area contributed by atoms with Crippen molar-refractivity contribution in [1.82, 2.24) is 10.2 Å². The maximum absolute atomic E-state index is 11.4. The second-order valence-electron chi connectivity index (χ2n) is 6.98. The summed E-state index contributed by atoms with van der Waals surface area (Å²) in [7, 11) is -0.639. The smallest absolute Gasteiger partial charge is 0.468 e. The number of H-pyrrole nitrogens is 1. The Morgan fingerprint density at radius 2 is 1.87 bits per heavy atom. The first-order valence-electron chi connectivity index (χ1n) is 7.72. The lowest BCUT2D eigenvalue weighted by molar-refractivity contribution is -0.137. The standard InChI is InChI=1S/C16H21BN2O4/c1-15(2)16(3,4)23-17(22-15)11(9-13(20)21)14-10-7-5-6-8-12(10)18-19-14/h5-8,11H,9H2,1-4H3,(H,18,19)(H,20,21). The maximum Gasteiger partial charge on any atom is 0.468 e. The van der Waals surface area contributed by atoms with E-state index in [4.69, 9.17) is 9.31 Å². The number of nitrogens with one attached hydrogen (secondary N) is 1. The second kappa shape index (κ2) is 5.35. The molecule has 1 aromatic carbocycles. The topological polar surface area (TPSA) is 84.4 Å². The molecule has 0 radical (unpaired) electrons. The van der Waals surface area contributed by atoms with Gasteiger partial charge in [0.25, 0.3) is 0 Å². The molecule has 23 heavy (non-hydrogen) atoms. The van der Waals surface area contributed by atoms with Crippen LogP contribution in [0.15, 0.2) is 24.3 Å². The van der Waals surface area contributed by atoms with Crippen LogP contribution in [0.5, 0.6) is 0 Å². The van der Waals surface area contributed by atoms with Crippen LogP contribution < -0.4 is 0 Å². The number of hydrogen-bond donors (Lipinski definition) is 2. The van der Waals surface area contributed by atoms with E-state index in [1.807, 2.05) is 52.0 Å². The molecule has 2 heterocycles. The highest BCUT2D eigenvalue weighted by molar-refractivity contribution is 6.48. The number of carbonyl (C=O) groups is 1. The Morgan fingerprint density at radius 3 is 2.48 bits per heavy atom. The molecule has 1 aliphatic heterocycles. The van der Waals surface area contributed by atoms with Crippen LogP contribution in [0.25, 0.3) is 10.9 Å². The highest BCUT2D eigenvalue weighted by Gasteiger charge is 2.54. The van der Waals surface area contributed by atoms with E-state index in [9.17, 15) is 9.90 Å². The van der Waals surface area contributed by atoms with Crippen molar-refractivity contribution >= 4 is 24.0 Å². The zero-order chi connectivity index (χ0) is 16.8. The van der Waals surface area contributed by atoms with E-state index in [1.54, 1.807) is 0 Å². The van der Waals surface area contributed by atoms with E-state index in [2.05, 4.69) is 10.2 Å². The van der Waals surface area contributed by atoms with Gasteiger partial charge in [-0.3, -0.25) is 9.89 Å². The first kappa shape index (κ1) is 16.0. The summed E-state index contributed by atoms with van der Waals surface area (Å²) in [5.41, 5.74) is 0.519. The molecule has 1 fully saturated rings. The van der Waals surface area contributed by atoms with Gasteiger partial charge in [-0.2, -0.15) is 5.10 Å². The predicted octanol–water partition coefficient (Wildman–Crippen LogP) is 2.75. The number of aliphatic carboxylic acids is 1. The van der Waals surface area contributed by atoms with Crippen LogP contribution in [-0.2, 0) is 14.1 Å². The fraction of sp³-hybridized carbons (Fsp3) is 0.500. The van der Waals surface area contributed by atoms with Gasteiger partial charge in [0.1, 0.15) is 0 Å². The molecule has 1 aliphatic rings. The van der Waals surface area contributed by atoms with Gasteiger partial charge < -0.3 is 14.4 Å². The Hall–Kier alpha value is -1.86. The van der Waals surface area contributed by atoms with E-state index in [-0.39, 0.29) is 6.42 Å². The van der Waals surface area contributed by atoms with Crippen molar-refractivity contribution in [1.29, 1.82) is 0 Å². The summed E-state index contributed by atoms with van der Waals surface area (Å²) >= 11 is 0. The quantitative estimate of drug-likeness (QED) is 0.847. The molecule has 2 aromatic rings. The van der Waals surface area contributed by atoms with Crippen molar-refractivity contribution in [3.05, 3.63) is 30.0 Å². The van der Waals surface area contributed by atoms with Gasteiger partial charge in [-0.05, 0) is 33.8 Å². The van der Waals surface area contributed by atoms with Gasteiger partial charge in [0, 0.05) is 16.9 Å². The second-order valence-corrected chi connectivity index (χ2v) is 6.98. The molecular weight excluding hydrogens is 295 g/mol. The minimum absolute atomic E-state index is 0.0942. The lowest BCUT2D eigenvalue weighted by Gasteiger charge is -2.32. The number of rotatable bonds is 4. The SMILES string of the molecule is CC1(C)OB(C(CC(=O)O)c2[nH]nc3ccccc23)OC1(C)C. The fourth-order valence-electron chi connectivity index (χ4n) is 2.84. The van der Waals surface area contributed by atoms with E-state index in [0.29, 0.717) is 0 Å².